The molecule has 0 fully saturated rings. The number of nitrogens with zero attached hydrogens (tertiary/aromatic N) is 1. The highest BCUT2D eigenvalue weighted by Gasteiger charge is 2.20. The number of rotatable bonds is 4. The Balaban J connectivity index is 1.94. The van der Waals surface area contributed by atoms with Crippen LogP contribution in [0.4, 0.5) is 10.2 Å². The van der Waals surface area contributed by atoms with Crippen LogP contribution in [0.15, 0.2) is 35.7 Å². The molecule has 0 bridgehead atoms. The van der Waals surface area contributed by atoms with Crippen molar-refractivity contribution in [3.8, 4) is 17.0 Å². The molecule has 0 spiro atoms. The van der Waals surface area contributed by atoms with Crippen molar-refractivity contribution in [2.24, 2.45) is 5.73 Å². The second-order valence-corrected chi connectivity index (χ2v) is 6.79. The molecule has 1 aliphatic rings. The first kappa shape index (κ1) is 19.6. The van der Waals surface area contributed by atoms with Crippen LogP contribution >= 0.6 is 11.6 Å². The number of hydrogen-bond acceptors (Lipinski definition) is 6. The topological polar surface area (TPSA) is 124 Å². The van der Waals surface area contributed by atoms with Gasteiger partial charge in [-0.05, 0) is 43.5 Å². The molecule has 0 saturated heterocycles. The van der Waals surface area contributed by atoms with Gasteiger partial charge in [0.05, 0.1) is 17.0 Å². The number of aromatic nitrogens is 1. The van der Waals surface area contributed by atoms with Crippen molar-refractivity contribution in [1.29, 1.82) is 5.41 Å². The Hall–Kier alpha value is -3.13. The normalized spacial score (nSPS) is 13.8. The molecule has 6 N–H and O–H groups in total. The van der Waals surface area contributed by atoms with Gasteiger partial charge in [0, 0.05) is 17.8 Å². The molecule has 1 aliphatic heterocycles. The highest BCUT2D eigenvalue weighted by molar-refractivity contribution is 6.68. The fourth-order valence-corrected chi connectivity index (χ4v) is 3.12. The summed E-state index contributed by atoms with van der Waals surface area (Å²) in [5.74, 6) is -1.30. The molecular formula is C19H19ClFN5O2. The SMILES string of the molecule is CC(N)=C(NC(=O)c1cc(F)c(-c2ccc3c(n2)NCCC3)cc1O)C(=N)Cl. The number of fused-ring (bicyclic) bond motifs is 1. The number of carbonyl (C=O) groups excluding carboxylic acids is 1. The van der Waals surface area contributed by atoms with Crippen molar-refractivity contribution < 1.29 is 14.3 Å². The molecule has 1 aromatic heterocycles. The molecule has 2 aromatic rings. The van der Waals surface area contributed by atoms with Gasteiger partial charge in [-0.15, -0.1) is 0 Å². The standard InChI is InChI=1S/C19H19ClFN5O2/c1-9(22)16(17(20)23)26-19(28)12-7-13(21)11(8-15(12)27)14-5-4-10-3-2-6-24-18(10)25-14/h4-5,7-8,23,27H,2-3,6,22H2,1H3,(H,24,25)(H,26,28). The van der Waals surface area contributed by atoms with Crippen LogP contribution in [0.5, 0.6) is 5.75 Å². The molecule has 1 aromatic carbocycles. The number of phenolic OH excluding ortho intramolecular Hbond substituents is 1. The molecule has 3 rings (SSSR count). The molecule has 0 atom stereocenters. The summed E-state index contributed by atoms with van der Waals surface area (Å²) in [5, 5.41) is 22.7. The summed E-state index contributed by atoms with van der Waals surface area (Å²) in [7, 11) is 0. The van der Waals surface area contributed by atoms with E-state index in [0.717, 1.165) is 37.1 Å². The number of nitrogens with one attached hydrogen (secondary N) is 3. The molecule has 0 saturated carbocycles. The number of nitrogens with two attached hydrogens (primary N) is 1. The van der Waals surface area contributed by atoms with Gasteiger partial charge in [0.1, 0.15) is 22.6 Å². The van der Waals surface area contributed by atoms with E-state index in [-0.39, 0.29) is 22.5 Å². The Labute approximate surface area is 165 Å². The number of carbonyl (C=O) groups is 1. The zero-order chi connectivity index (χ0) is 20.4. The quantitative estimate of drug-likeness (QED) is 0.502. The molecule has 1 amide bonds. The van der Waals surface area contributed by atoms with Gasteiger partial charge in [0.25, 0.3) is 5.91 Å². The van der Waals surface area contributed by atoms with Crippen molar-refractivity contribution in [2.75, 3.05) is 11.9 Å². The lowest BCUT2D eigenvalue weighted by Crippen LogP contribution is -2.28. The minimum Gasteiger partial charge on any atom is -0.507 e. The van der Waals surface area contributed by atoms with E-state index in [1.54, 1.807) is 6.07 Å². The van der Waals surface area contributed by atoms with Gasteiger partial charge in [0.2, 0.25) is 0 Å². The first-order valence-corrected chi connectivity index (χ1v) is 8.94. The summed E-state index contributed by atoms with van der Waals surface area (Å²) >= 11 is 5.58. The van der Waals surface area contributed by atoms with Crippen molar-refractivity contribution >= 4 is 28.5 Å². The van der Waals surface area contributed by atoms with Crippen LogP contribution in [0, 0.1) is 11.2 Å². The average Bonchev–Trinajstić information content (AvgIpc) is 2.66. The number of allylic oxidation sites excluding steroid dienone is 2. The van der Waals surface area contributed by atoms with Gasteiger partial charge in [-0.3, -0.25) is 10.2 Å². The first-order chi connectivity index (χ1) is 13.3. The van der Waals surface area contributed by atoms with Crippen LogP contribution < -0.4 is 16.4 Å². The van der Waals surface area contributed by atoms with Gasteiger partial charge in [-0.25, -0.2) is 9.37 Å². The third kappa shape index (κ3) is 3.91. The number of halogens is 2. The lowest BCUT2D eigenvalue weighted by atomic mass is 10.0. The number of phenols is 1. The summed E-state index contributed by atoms with van der Waals surface area (Å²) < 4.78 is 14.7. The Morgan fingerprint density at radius 1 is 1.43 bits per heavy atom. The average molecular weight is 404 g/mol. The Morgan fingerprint density at radius 3 is 2.86 bits per heavy atom. The highest BCUT2D eigenvalue weighted by atomic mass is 35.5. The zero-order valence-corrected chi connectivity index (χ0v) is 15.8. The molecule has 0 radical (unpaired) electrons. The summed E-state index contributed by atoms with van der Waals surface area (Å²) in [4.78, 5) is 16.8. The van der Waals surface area contributed by atoms with Crippen LogP contribution in [0.3, 0.4) is 0 Å². The second kappa shape index (κ2) is 7.85. The minimum absolute atomic E-state index is 0.0695. The van der Waals surface area contributed by atoms with Gasteiger partial charge < -0.3 is 21.5 Å². The minimum atomic E-state index is -0.840. The Bertz CT molecular complexity index is 1000. The smallest absolute Gasteiger partial charge is 0.259 e. The third-order valence-corrected chi connectivity index (χ3v) is 4.54. The number of aromatic hydroxyl groups is 1. The molecule has 2 heterocycles. The molecular weight excluding hydrogens is 385 g/mol. The van der Waals surface area contributed by atoms with E-state index < -0.39 is 22.6 Å². The third-order valence-electron chi connectivity index (χ3n) is 4.35. The number of benzene rings is 1. The van der Waals surface area contributed by atoms with E-state index in [1.165, 1.54) is 6.92 Å². The van der Waals surface area contributed by atoms with Crippen molar-refractivity contribution in [3.63, 3.8) is 0 Å². The molecule has 0 unspecified atom stereocenters. The molecule has 0 aliphatic carbocycles. The summed E-state index contributed by atoms with van der Waals surface area (Å²) in [6.45, 7) is 2.24. The van der Waals surface area contributed by atoms with E-state index in [2.05, 4.69) is 15.6 Å². The Kier molecular flexibility index (Phi) is 5.51. The number of amides is 1. The predicted octanol–water partition coefficient (Wildman–Crippen LogP) is 3.09. The van der Waals surface area contributed by atoms with Gasteiger partial charge in [-0.1, -0.05) is 17.7 Å². The van der Waals surface area contributed by atoms with Crippen LogP contribution in [0.2, 0.25) is 0 Å². The summed E-state index contributed by atoms with van der Waals surface area (Å²) in [5.41, 5.74) is 6.72. The number of anilines is 1. The van der Waals surface area contributed by atoms with Gasteiger partial charge >= 0.3 is 0 Å². The van der Waals surface area contributed by atoms with E-state index in [0.29, 0.717) is 11.5 Å². The van der Waals surface area contributed by atoms with E-state index in [1.807, 2.05) is 6.07 Å². The van der Waals surface area contributed by atoms with Crippen LogP contribution in [0.1, 0.15) is 29.3 Å². The molecule has 146 valence electrons. The molecule has 9 heteroatoms. The van der Waals surface area contributed by atoms with Crippen LogP contribution in [0.25, 0.3) is 11.3 Å². The maximum Gasteiger partial charge on any atom is 0.259 e. The number of pyridine rings is 1. The van der Waals surface area contributed by atoms with Gasteiger partial charge in [-0.2, -0.15) is 0 Å². The summed E-state index contributed by atoms with van der Waals surface area (Å²) in [6, 6.07) is 5.60. The first-order valence-electron chi connectivity index (χ1n) is 8.56. The number of aryl methyl sites for hydroxylation is 1. The summed E-state index contributed by atoms with van der Waals surface area (Å²) in [6.07, 6.45) is 1.90. The predicted molar refractivity (Wildman–Crippen MR) is 106 cm³/mol. The molecule has 7 nitrogen and oxygen atoms in total. The lowest BCUT2D eigenvalue weighted by Gasteiger charge is -2.18. The monoisotopic (exact) mass is 403 g/mol. The van der Waals surface area contributed by atoms with Gasteiger partial charge in [0.15, 0.2) is 0 Å². The Morgan fingerprint density at radius 2 is 2.18 bits per heavy atom. The highest BCUT2D eigenvalue weighted by Crippen LogP contribution is 2.31. The second-order valence-electron chi connectivity index (χ2n) is 6.41. The van der Waals surface area contributed by atoms with Crippen molar-refractivity contribution in [3.05, 3.63) is 52.6 Å². The molecule has 28 heavy (non-hydrogen) atoms. The maximum absolute atomic E-state index is 14.7. The van der Waals surface area contributed by atoms with E-state index >= 15 is 0 Å². The zero-order valence-electron chi connectivity index (χ0n) is 15.1. The lowest BCUT2D eigenvalue weighted by molar-refractivity contribution is 0.0964. The fraction of sp³-hybridized carbons (Fsp3) is 0.211. The van der Waals surface area contributed by atoms with Crippen LogP contribution in [-0.4, -0.2) is 27.7 Å². The maximum atomic E-state index is 14.7. The largest absolute Gasteiger partial charge is 0.507 e. The van der Waals surface area contributed by atoms with Crippen LogP contribution in [-0.2, 0) is 6.42 Å². The fourth-order valence-electron chi connectivity index (χ4n) is 2.93. The van der Waals surface area contributed by atoms with Crippen molar-refractivity contribution in [1.82, 2.24) is 10.3 Å². The number of hydrogen-bond donors (Lipinski definition) is 5. The van der Waals surface area contributed by atoms with E-state index in [9.17, 15) is 14.3 Å². The van der Waals surface area contributed by atoms with E-state index in [4.69, 9.17) is 22.7 Å². The van der Waals surface area contributed by atoms with Crippen molar-refractivity contribution in [2.45, 2.75) is 19.8 Å².